The van der Waals surface area contributed by atoms with Crippen molar-refractivity contribution in [2.75, 3.05) is 19.8 Å². The van der Waals surface area contributed by atoms with E-state index < -0.39 is 0 Å². The van der Waals surface area contributed by atoms with Gasteiger partial charge < -0.3 is 15.6 Å². The summed E-state index contributed by atoms with van der Waals surface area (Å²) in [5.41, 5.74) is 5.45. The van der Waals surface area contributed by atoms with Gasteiger partial charge in [0, 0.05) is 13.2 Å². The molecule has 0 fully saturated rings. The van der Waals surface area contributed by atoms with Gasteiger partial charge in [-0.1, -0.05) is 68.4 Å². The van der Waals surface area contributed by atoms with E-state index in [2.05, 4.69) is 55.5 Å². The summed E-state index contributed by atoms with van der Waals surface area (Å²) in [5, 5.41) is 8.95. The number of aliphatic hydroxyl groups is 1. The highest BCUT2D eigenvalue weighted by molar-refractivity contribution is 4.99. The van der Waals surface area contributed by atoms with Crippen LogP contribution < -0.4 is 5.73 Å². The number of nitrogens with two attached hydrogens (primary N) is 1. The van der Waals surface area contributed by atoms with Crippen LogP contribution in [0.25, 0.3) is 0 Å². The zero-order valence-electron chi connectivity index (χ0n) is 16.8. The molecular weight excluding hydrogens is 322 g/mol. The van der Waals surface area contributed by atoms with Crippen molar-refractivity contribution in [1.29, 1.82) is 0 Å². The van der Waals surface area contributed by atoms with Gasteiger partial charge in [0.15, 0.2) is 0 Å². The van der Waals surface area contributed by atoms with Crippen molar-refractivity contribution in [3.8, 4) is 0 Å². The van der Waals surface area contributed by atoms with Crippen LogP contribution in [0.2, 0.25) is 0 Å². The topological polar surface area (TPSA) is 55.5 Å². The number of allylic oxidation sites excluding steroid dienone is 8. The third kappa shape index (κ3) is 19.2. The molecule has 0 radical (unpaired) electrons. The van der Waals surface area contributed by atoms with Crippen LogP contribution in [0, 0.1) is 0 Å². The molecule has 26 heavy (non-hydrogen) atoms. The van der Waals surface area contributed by atoms with Gasteiger partial charge in [0.05, 0.1) is 12.7 Å². The third-order valence-corrected chi connectivity index (χ3v) is 4.04. The van der Waals surface area contributed by atoms with Crippen molar-refractivity contribution in [3.05, 3.63) is 48.6 Å². The Morgan fingerprint density at radius 1 is 0.769 bits per heavy atom. The Morgan fingerprint density at radius 2 is 1.27 bits per heavy atom. The molecule has 0 spiro atoms. The van der Waals surface area contributed by atoms with Gasteiger partial charge >= 0.3 is 0 Å². The van der Waals surface area contributed by atoms with Crippen LogP contribution in [-0.2, 0) is 4.74 Å². The first-order chi connectivity index (χ1) is 12.8. The second kappa shape index (κ2) is 21.9. The number of unbranched alkanes of at least 4 members (excludes halogenated alkanes) is 5. The van der Waals surface area contributed by atoms with Crippen molar-refractivity contribution in [2.24, 2.45) is 5.73 Å². The molecule has 0 saturated carbocycles. The molecule has 0 aliphatic carbocycles. The molecule has 0 aliphatic heterocycles. The zero-order valence-corrected chi connectivity index (χ0v) is 16.8. The van der Waals surface area contributed by atoms with Crippen molar-refractivity contribution in [1.82, 2.24) is 0 Å². The maximum absolute atomic E-state index is 8.95. The molecular formula is C23H41NO2. The van der Waals surface area contributed by atoms with Gasteiger partial charge in [-0.15, -0.1) is 0 Å². The zero-order chi connectivity index (χ0) is 19.1. The quantitative estimate of drug-likeness (QED) is 0.251. The largest absolute Gasteiger partial charge is 0.394 e. The van der Waals surface area contributed by atoms with Crippen LogP contribution in [0.3, 0.4) is 0 Å². The van der Waals surface area contributed by atoms with Crippen LogP contribution in [-0.4, -0.2) is 31.0 Å². The fourth-order valence-corrected chi connectivity index (χ4v) is 2.37. The first-order valence-electron chi connectivity index (χ1n) is 10.4. The monoisotopic (exact) mass is 363 g/mol. The predicted molar refractivity (Wildman–Crippen MR) is 114 cm³/mol. The Balaban J connectivity index is 3.41. The SMILES string of the molecule is CCCCC/C=C\C/C=C\C/C=C\C/C=C\CCCCOC(CN)CO. The third-order valence-electron chi connectivity index (χ3n) is 4.04. The van der Waals surface area contributed by atoms with Gasteiger partial charge in [-0.25, -0.2) is 0 Å². The second-order valence-corrected chi connectivity index (χ2v) is 6.50. The number of ether oxygens (including phenoxy) is 1. The van der Waals surface area contributed by atoms with Crippen molar-refractivity contribution in [3.63, 3.8) is 0 Å². The summed E-state index contributed by atoms with van der Waals surface area (Å²) in [7, 11) is 0. The highest BCUT2D eigenvalue weighted by Gasteiger charge is 2.02. The lowest BCUT2D eigenvalue weighted by molar-refractivity contribution is 0.0173. The van der Waals surface area contributed by atoms with Gasteiger partial charge in [0.1, 0.15) is 0 Å². The molecule has 0 amide bonds. The fourth-order valence-electron chi connectivity index (χ4n) is 2.37. The molecule has 3 N–H and O–H groups in total. The van der Waals surface area contributed by atoms with Gasteiger partial charge in [0.2, 0.25) is 0 Å². The van der Waals surface area contributed by atoms with Crippen LogP contribution in [0.4, 0.5) is 0 Å². The van der Waals surface area contributed by atoms with Gasteiger partial charge in [0.25, 0.3) is 0 Å². The Hall–Kier alpha value is -1.16. The predicted octanol–water partition coefficient (Wildman–Crippen LogP) is 5.47. The Bertz CT molecular complexity index is 382. The summed E-state index contributed by atoms with van der Waals surface area (Å²) in [4.78, 5) is 0. The molecule has 1 atom stereocenters. The lowest BCUT2D eigenvalue weighted by atomic mass is 10.2. The lowest BCUT2D eigenvalue weighted by Crippen LogP contribution is -2.27. The Morgan fingerprint density at radius 3 is 1.73 bits per heavy atom. The maximum atomic E-state index is 8.95. The summed E-state index contributed by atoms with van der Waals surface area (Å²) in [5.74, 6) is 0. The van der Waals surface area contributed by atoms with E-state index in [1.54, 1.807) is 0 Å². The Labute approximate surface area is 161 Å². The molecule has 3 nitrogen and oxygen atoms in total. The minimum atomic E-state index is -0.202. The highest BCUT2D eigenvalue weighted by Crippen LogP contribution is 2.02. The van der Waals surface area contributed by atoms with Crippen molar-refractivity contribution < 1.29 is 9.84 Å². The van der Waals surface area contributed by atoms with E-state index in [4.69, 9.17) is 15.6 Å². The van der Waals surface area contributed by atoms with E-state index in [9.17, 15) is 0 Å². The molecule has 0 heterocycles. The summed E-state index contributed by atoms with van der Waals surface area (Å²) < 4.78 is 5.45. The molecule has 0 aromatic heterocycles. The molecule has 0 saturated heterocycles. The van der Waals surface area contributed by atoms with E-state index >= 15 is 0 Å². The molecule has 0 aliphatic rings. The molecule has 3 heteroatoms. The van der Waals surface area contributed by atoms with Gasteiger partial charge in [-0.3, -0.25) is 0 Å². The molecule has 150 valence electrons. The van der Waals surface area contributed by atoms with E-state index in [-0.39, 0.29) is 12.7 Å². The van der Waals surface area contributed by atoms with E-state index in [0.717, 1.165) is 38.5 Å². The molecule has 0 aromatic carbocycles. The molecule has 1 unspecified atom stereocenters. The summed E-state index contributed by atoms with van der Waals surface area (Å²) in [6, 6.07) is 0. The Kier molecular flexibility index (Phi) is 20.9. The molecule has 0 aromatic rings. The standard InChI is InChI=1S/C23H41NO2/c1-2-3-4-5-6-7-8-9-10-11-12-13-14-15-16-17-18-19-20-26-23(21-24)22-25/h6-7,9-10,12-13,15-16,23,25H,2-5,8,11,14,17-22,24H2,1H3/b7-6-,10-9-,13-12-,16-15-. The van der Waals surface area contributed by atoms with Gasteiger partial charge in [-0.2, -0.15) is 0 Å². The number of hydrogen-bond donors (Lipinski definition) is 2. The maximum Gasteiger partial charge on any atom is 0.0927 e. The number of rotatable bonds is 18. The summed E-state index contributed by atoms with van der Waals surface area (Å²) in [6.45, 7) is 3.31. The first-order valence-corrected chi connectivity index (χ1v) is 10.4. The number of aliphatic hydroxyl groups excluding tert-OH is 1. The van der Waals surface area contributed by atoms with Gasteiger partial charge in [-0.05, 0) is 51.4 Å². The van der Waals surface area contributed by atoms with E-state index in [0.29, 0.717) is 13.2 Å². The van der Waals surface area contributed by atoms with Crippen molar-refractivity contribution >= 4 is 0 Å². The van der Waals surface area contributed by atoms with Crippen LogP contribution >= 0.6 is 0 Å². The van der Waals surface area contributed by atoms with Crippen LogP contribution in [0.1, 0.15) is 71.1 Å². The van der Waals surface area contributed by atoms with Crippen LogP contribution in [0.5, 0.6) is 0 Å². The second-order valence-electron chi connectivity index (χ2n) is 6.50. The number of hydrogen-bond acceptors (Lipinski definition) is 3. The average molecular weight is 364 g/mol. The van der Waals surface area contributed by atoms with Crippen LogP contribution in [0.15, 0.2) is 48.6 Å². The smallest absolute Gasteiger partial charge is 0.0927 e. The minimum Gasteiger partial charge on any atom is -0.394 e. The molecule has 0 bridgehead atoms. The lowest BCUT2D eigenvalue weighted by Gasteiger charge is -2.12. The fraction of sp³-hybridized carbons (Fsp3) is 0.652. The molecule has 0 rings (SSSR count). The normalized spacial score (nSPS) is 13.8. The summed E-state index contributed by atoms with van der Waals surface area (Å²) in [6.07, 6.45) is 29.2. The highest BCUT2D eigenvalue weighted by atomic mass is 16.5. The van der Waals surface area contributed by atoms with E-state index in [1.165, 1.54) is 25.7 Å². The minimum absolute atomic E-state index is 0.00761. The van der Waals surface area contributed by atoms with E-state index in [1.807, 2.05) is 0 Å². The summed E-state index contributed by atoms with van der Waals surface area (Å²) >= 11 is 0. The van der Waals surface area contributed by atoms with Crippen molar-refractivity contribution in [2.45, 2.75) is 77.2 Å². The average Bonchev–Trinajstić information content (AvgIpc) is 2.66. The first kappa shape index (κ1) is 24.8.